The minimum atomic E-state index is 0.00356. The van der Waals surface area contributed by atoms with Gasteiger partial charge in [0, 0.05) is 5.92 Å². The maximum absolute atomic E-state index is 9.91. The van der Waals surface area contributed by atoms with Crippen molar-refractivity contribution >= 4 is 5.70 Å². The van der Waals surface area contributed by atoms with E-state index in [1.54, 1.807) is 0 Å². The molecule has 0 bridgehead atoms. The Hall–Kier alpha value is -1.83. The first-order chi connectivity index (χ1) is 7.24. The van der Waals surface area contributed by atoms with Gasteiger partial charge in [-0.25, -0.2) is 9.67 Å². The van der Waals surface area contributed by atoms with Gasteiger partial charge >= 0.3 is 0 Å². The summed E-state index contributed by atoms with van der Waals surface area (Å²) in [6.45, 7) is 3.95. The molecule has 1 heterocycles. The quantitative estimate of drug-likeness (QED) is 0.603. The molecule has 5 heteroatoms. The molecule has 0 fully saturated rings. The van der Waals surface area contributed by atoms with Crippen molar-refractivity contribution in [3.8, 4) is 6.07 Å². The molecule has 0 spiro atoms. The van der Waals surface area contributed by atoms with Crippen molar-refractivity contribution in [2.75, 3.05) is 0 Å². The molecular weight excluding hydrogens is 192 g/mol. The molecule has 1 N–H and O–H groups in total. The molecular formula is C10H14N4O. The van der Waals surface area contributed by atoms with Crippen molar-refractivity contribution < 1.29 is 5.11 Å². The van der Waals surface area contributed by atoms with Crippen molar-refractivity contribution in [1.82, 2.24) is 14.8 Å². The van der Waals surface area contributed by atoms with Crippen LogP contribution in [-0.4, -0.2) is 19.9 Å². The summed E-state index contributed by atoms with van der Waals surface area (Å²) >= 11 is 0. The van der Waals surface area contributed by atoms with Crippen LogP contribution >= 0.6 is 0 Å². The van der Waals surface area contributed by atoms with Crippen LogP contribution in [0.5, 0.6) is 0 Å². The van der Waals surface area contributed by atoms with Crippen molar-refractivity contribution in [3.63, 3.8) is 0 Å². The fourth-order valence-electron chi connectivity index (χ4n) is 1.42. The molecule has 0 saturated heterocycles. The summed E-state index contributed by atoms with van der Waals surface area (Å²) < 4.78 is 1.29. The maximum Gasteiger partial charge on any atom is 0.181 e. The zero-order chi connectivity index (χ0) is 11.3. The summed E-state index contributed by atoms with van der Waals surface area (Å²) in [5.41, 5.74) is 0.154. The predicted octanol–water partition coefficient (Wildman–Crippen LogP) is 1.96. The van der Waals surface area contributed by atoms with E-state index in [1.807, 2.05) is 19.9 Å². The van der Waals surface area contributed by atoms with Crippen molar-refractivity contribution in [1.29, 1.82) is 5.26 Å². The summed E-state index contributed by atoms with van der Waals surface area (Å²) in [5.74, 6) is 0.0943. The number of aliphatic hydroxyl groups is 1. The van der Waals surface area contributed by atoms with Crippen LogP contribution in [0.15, 0.2) is 18.4 Å². The van der Waals surface area contributed by atoms with Gasteiger partial charge in [0.1, 0.15) is 24.5 Å². The number of allylic oxidation sites excluding steroid dienone is 2. The number of hydrogen-bond donors (Lipinski definition) is 1. The van der Waals surface area contributed by atoms with Crippen LogP contribution in [0.2, 0.25) is 0 Å². The van der Waals surface area contributed by atoms with Crippen LogP contribution in [0.3, 0.4) is 0 Å². The van der Waals surface area contributed by atoms with Gasteiger partial charge in [-0.05, 0) is 12.8 Å². The monoisotopic (exact) mass is 206 g/mol. The van der Waals surface area contributed by atoms with E-state index < -0.39 is 0 Å². The molecule has 0 unspecified atom stereocenters. The molecule has 5 nitrogen and oxygen atoms in total. The van der Waals surface area contributed by atoms with Gasteiger partial charge in [0.25, 0.3) is 0 Å². The highest BCUT2D eigenvalue weighted by atomic mass is 16.3. The van der Waals surface area contributed by atoms with Gasteiger partial charge < -0.3 is 5.11 Å². The standard InChI is InChI=1S/C10H14N4O/c1-3-8(4-2)10(15)9(5-11)14-7-12-6-13-14/h6-8,15H,3-4H2,1-2H3/b10-9+. The first kappa shape index (κ1) is 11.2. The molecule has 80 valence electrons. The summed E-state index contributed by atoms with van der Waals surface area (Å²) in [6, 6.07) is 1.94. The van der Waals surface area contributed by atoms with Crippen LogP contribution in [0.25, 0.3) is 5.70 Å². The zero-order valence-corrected chi connectivity index (χ0v) is 8.88. The summed E-state index contributed by atoms with van der Waals surface area (Å²) in [6.07, 6.45) is 4.32. The summed E-state index contributed by atoms with van der Waals surface area (Å²) in [7, 11) is 0. The molecule has 0 aliphatic rings. The minimum absolute atomic E-state index is 0.00356. The molecule has 1 aromatic rings. The second-order valence-corrected chi connectivity index (χ2v) is 3.20. The Morgan fingerprint density at radius 3 is 2.60 bits per heavy atom. The summed E-state index contributed by atoms with van der Waals surface area (Å²) in [4.78, 5) is 3.74. The van der Waals surface area contributed by atoms with E-state index >= 15 is 0 Å². The molecule has 0 amide bonds. The number of hydrogen-bond acceptors (Lipinski definition) is 4. The molecule has 0 aliphatic carbocycles. The number of aromatic nitrogens is 3. The molecule has 0 saturated carbocycles. The Balaban J connectivity index is 3.09. The van der Waals surface area contributed by atoms with Gasteiger partial charge in [-0.3, -0.25) is 0 Å². The topological polar surface area (TPSA) is 74.7 Å². The lowest BCUT2D eigenvalue weighted by molar-refractivity contribution is 0.319. The Kier molecular flexibility index (Phi) is 3.86. The average molecular weight is 206 g/mol. The van der Waals surface area contributed by atoms with Gasteiger partial charge in [0.05, 0.1) is 0 Å². The van der Waals surface area contributed by atoms with Gasteiger partial charge in [0.15, 0.2) is 5.70 Å². The first-order valence-corrected chi connectivity index (χ1v) is 4.92. The Bertz CT molecular complexity index is 371. The number of nitriles is 1. The van der Waals surface area contributed by atoms with Crippen LogP contribution in [-0.2, 0) is 0 Å². The molecule has 0 radical (unpaired) electrons. The van der Waals surface area contributed by atoms with Gasteiger partial charge in [0.2, 0.25) is 0 Å². The molecule has 1 rings (SSSR count). The van der Waals surface area contributed by atoms with E-state index in [0.29, 0.717) is 0 Å². The van der Waals surface area contributed by atoms with E-state index in [9.17, 15) is 5.11 Å². The van der Waals surface area contributed by atoms with E-state index in [4.69, 9.17) is 5.26 Å². The average Bonchev–Trinajstić information content (AvgIpc) is 2.74. The van der Waals surface area contributed by atoms with E-state index in [2.05, 4.69) is 10.1 Å². The van der Waals surface area contributed by atoms with Crippen LogP contribution in [0.1, 0.15) is 26.7 Å². The predicted molar refractivity (Wildman–Crippen MR) is 55.6 cm³/mol. The van der Waals surface area contributed by atoms with Gasteiger partial charge in [-0.2, -0.15) is 10.4 Å². The highest BCUT2D eigenvalue weighted by Gasteiger charge is 2.16. The van der Waals surface area contributed by atoms with Crippen LogP contribution in [0.4, 0.5) is 0 Å². The Labute approximate surface area is 88.7 Å². The van der Waals surface area contributed by atoms with Crippen molar-refractivity contribution in [3.05, 3.63) is 18.4 Å². The fraction of sp³-hybridized carbons (Fsp3) is 0.500. The molecule has 0 aromatic carbocycles. The normalized spacial score (nSPS) is 12.4. The molecule has 15 heavy (non-hydrogen) atoms. The van der Waals surface area contributed by atoms with Crippen LogP contribution in [0, 0.1) is 17.2 Å². The third-order valence-corrected chi connectivity index (χ3v) is 2.37. The number of rotatable bonds is 4. The van der Waals surface area contributed by atoms with E-state index in [-0.39, 0.29) is 17.4 Å². The zero-order valence-electron chi connectivity index (χ0n) is 8.88. The molecule has 1 aromatic heterocycles. The second kappa shape index (κ2) is 5.15. The summed E-state index contributed by atoms with van der Waals surface area (Å²) in [5, 5.41) is 22.7. The van der Waals surface area contributed by atoms with Crippen LogP contribution < -0.4 is 0 Å². The number of aliphatic hydroxyl groups excluding tert-OH is 1. The van der Waals surface area contributed by atoms with Crippen molar-refractivity contribution in [2.24, 2.45) is 5.92 Å². The van der Waals surface area contributed by atoms with E-state index in [1.165, 1.54) is 17.3 Å². The highest BCUT2D eigenvalue weighted by Crippen LogP contribution is 2.21. The van der Waals surface area contributed by atoms with E-state index in [0.717, 1.165) is 12.8 Å². The Morgan fingerprint density at radius 2 is 2.20 bits per heavy atom. The Morgan fingerprint density at radius 1 is 1.53 bits per heavy atom. The highest BCUT2D eigenvalue weighted by molar-refractivity contribution is 5.61. The lowest BCUT2D eigenvalue weighted by Gasteiger charge is -2.12. The second-order valence-electron chi connectivity index (χ2n) is 3.20. The first-order valence-electron chi connectivity index (χ1n) is 4.92. The SMILES string of the molecule is CCC(CC)/C(O)=C(/C#N)n1cncn1. The van der Waals surface area contributed by atoms with Gasteiger partial charge in [-0.1, -0.05) is 13.8 Å². The largest absolute Gasteiger partial charge is 0.509 e. The minimum Gasteiger partial charge on any atom is -0.509 e. The molecule has 0 atom stereocenters. The maximum atomic E-state index is 9.91. The lowest BCUT2D eigenvalue weighted by Crippen LogP contribution is -2.08. The molecule has 0 aliphatic heterocycles. The van der Waals surface area contributed by atoms with Crippen molar-refractivity contribution in [2.45, 2.75) is 26.7 Å². The van der Waals surface area contributed by atoms with Gasteiger partial charge in [-0.15, -0.1) is 0 Å². The smallest absolute Gasteiger partial charge is 0.181 e. The third kappa shape index (κ3) is 2.34. The lowest BCUT2D eigenvalue weighted by atomic mass is 10.00. The number of nitrogens with zero attached hydrogens (tertiary/aromatic N) is 4. The third-order valence-electron chi connectivity index (χ3n) is 2.37. The fourth-order valence-corrected chi connectivity index (χ4v) is 1.42.